The van der Waals surface area contributed by atoms with Crippen LogP contribution in [0.2, 0.25) is 5.02 Å². The Kier molecular flexibility index (Phi) is 5.06. The summed E-state index contributed by atoms with van der Waals surface area (Å²) in [5.74, 6) is 0.0338. The number of anilines is 1. The predicted molar refractivity (Wildman–Crippen MR) is 110 cm³/mol. The molecule has 0 radical (unpaired) electrons. The highest BCUT2D eigenvalue weighted by Crippen LogP contribution is 2.35. The van der Waals surface area contributed by atoms with Gasteiger partial charge in [0.2, 0.25) is 11.0 Å². The Morgan fingerprint density at radius 1 is 1.12 bits per heavy atom. The van der Waals surface area contributed by atoms with Crippen LogP contribution in [0.3, 0.4) is 0 Å². The first kappa shape index (κ1) is 17.3. The SMILES string of the molecule is O=C1C(Cc2ccc(Cl)cc2)SC(=Nc2nccs2)N1c1ccccc1. The number of aromatic nitrogens is 1. The first-order valence-electron chi connectivity index (χ1n) is 7.99. The van der Waals surface area contributed by atoms with Crippen LogP contribution in [-0.4, -0.2) is 21.3 Å². The maximum Gasteiger partial charge on any atom is 0.247 e. The molecule has 0 bridgehead atoms. The summed E-state index contributed by atoms with van der Waals surface area (Å²) >= 11 is 8.89. The van der Waals surface area contributed by atoms with Gasteiger partial charge in [-0.2, -0.15) is 4.99 Å². The van der Waals surface area contributed by atoms with Crippen LogP contribution < -0.4 is 4.90 Å². The Bertz CT molecular complexity index is 927. The van der Waals surface area contributed by atoms with E-state index in [1.54, 1.807) is 11.1 Å². The summed E-state index contributed by atoms with van der Waals surface area (Å²) in [6.45, 7) is 0. The molecule has 1 unspecified atom stereocenters. The number of benzene rings is 2. The Morgan fingerprint density at radius 3 is 2.58 bits per heavy atom. The van der Waals surface area contributed by atoms with Gasteiger partial charge in [0.05, 0.1) is 10.9 Å². The van der Waals surface area contributed by atoms with E-state index >= 15 is 0 Å². The van der Waals surface area contributed by atoms with Crippen molar-refractivity contribution in [3.05, 3.63) is 76.8 Å². The minimum Gasteiger partial charge on any atom is -0.273 e. The molecule has 1 atom stereocenters. The van der Waals surface area contributed by atoms with Gasteiger partial charge in [-0.1, -0.05) is 53.7 Å². The first-order valence-corrected chi connectivity index (χ1v) is 10.1. The number of carbonyl (C=O) groups excluding carboxylic acids is 1. The fourth-order valence-corrected chi connectivity index (χ4v) is 4.54. The molecule has 0 N–H and O–H groups in total. The van der Waals surface area contributed by atoms with Gasteiger partial charge in [-0.05, 0) is 36.2 Å². The predicted octanol–water partition coefficient (Wildman–Crippen LogP) is 5.18. The van der Waals surface area contributed by atoms with Crippen molar-refractivity contribution in [1.29, 1.82) is 0 Å². The molecular formula is C19H14ClN3OS2. The smallest absolute Gasteiger partial charge is 0.247 e. The molecule has 2 heterocycles. The van der Waals surface area contributed by atoms with Gasteiger partial charge < -0.3 is 0 Å². The molecule has 26 heavy (non-hydrogen) atoms. The molecule has 0 saturated carbocycles. The Hall–Kier alpha value is -2.15. The lowest BCUT2D eigenvalue weighted by Gasteiger charge is -2.16. The number of hydrogen-bond donors (Lipinski definition) is 0. The minimum absolute atomic E-state index is 0.0338. The van der Waals surface area contributed by atoms with Crippen molar-refractivity contribution in [3.63, 3.8) is 0 Å². The van der Waals surface area contributed by atoms with E-state index in [0.29, 0.717) is 21.7 Å². The van der Waals surface area contributed by atoms with Crippen molar-refractivity contribution in [1.82, 2.24) is 4.98 Å². The number of hydrogen-bond acceptors (Lipinski definition) is 5. The molecule has 7 heteroatoms. The lowest BCUT2D eigenvalue weighted by Crippen LogP contribution is -2.32. The van der Waals surface area contributed by atoms with Gasteiger partial charge >= 0.3 is 0 Å². The normalized spacial score (nSPS) is 18.7. The molecule has 130 valence electrons. The Balaban J connectivity index is 1.66. The molecule has 1 aliphatic rings. The zero-order valence-corrected chi connectivity index (χ0v) is 16.0. The molecule has 2 aromatic carbocycles. The van der Waals surface area contributed by atoms with Crippen molar-refractivity contribution in [3.8, 4) is 0 Å². The highest BCUT2D eigenvalue weighted by Gasteiger charge is 2.39. The number of carbonyl (C=O) groups is 1. The third kappa shape index (κ3) is 3.67. The Labute approximate surface area is 164 Å². The molecule has 1 saturated heterocycles. The number of halogens is 1. The second-order valence-corrected chi connectivity index (χ2v) is 8.13. The Morgan fingerprint density at radius 2 is 1.88 bits per heavy atom. The average molecular weight is 400 g/mol. The highest BCUT2D eigenvalue weighted by molar-refractivity contribution is 8.16. The van der Waals surface area contributed by atoms with Gasteiger partial charge in [0.1, 0.15) is 0 Å². The van der Waals surface area contributed by atoms with E-state index in [-0.39, 0.29) is 11.2 Å². The van der Waals surface area contributed by atoms with E-state index in [4.69, 9.17) is 11.6 Å². The number of aliphatic imine (C=N–C) groups is 1. The summed E-state index contributed by atoms with van der Waals surface area (Å²) in [5.41, 5.74) is 1.89. The average Bonchev–Trinajstić information content (AvgIpc) is 3.27. The fraction of sp³-hybridized carbons (Fsp3) is 0.105. The summed E-state index contributed by atoms with van der Waals surface area (Å²) in [5, 5.41) is 3.65. The summed E-state index contributed by atoms with van der Waals surface area (Å²) in [4.78, 5) is 23.6. The second-order valence-electron chi connectivity index (χ2n) is 5.66. The van der Waals surface area contributed by atoms with Crippen molar-refractivity contribution >= 4 is 56.6 Å². The maximum absolute atomic E-state index is 13.1. The van der Waals surface area contributed by atoms with E-state index in [2.05, 4.69) is 9.98 Å². The molecule has 1 aromatic heterocycles. The van der Waals surface area contributed by atoms with Crippen LogP contribution in [0, 0.1) is 0 Å². The van der Waals surface area contributed by atoms with Crippen molar-refractivity contribution in [2.24, 2.45) is 4.99 Å². The van der Waals surface area contributed by atoms with Crippen LogP contribution in [0.25, 0.3) is 0 Å². The van der Waals surface area contributed by atoms with Crippen molar-refractivity contribution < 1.29 is 4.79 Å². The van der Waals surface area contributed by atoms with E-state index in [0.717, 1.165) is 11.3 Å². The lowest BCUT2D eigenvalue weighted by atomic mass is 10.1. The summed E-state index contributed by atoms with van der Waals surface area (Å²) in [6, 6.07) is 17.2. The topological polar surface area (TPSA) is 45.6 Å². The standard InChI is InChI=1S/C19H14ClN3OS2/c20-14-8-6-13(7-9-14)12-16-17(24)23(15-4-2-1-3-5-15)19(26-16)22-18-21-10-11-25-18/h1-11,16H,12H2. The quantitative estimate of drug-likeness (QED) is 0.607. The lowest BCUT2D eigenvalue weighted by molar-refractivity contribution is -0.116. The molecule has 1 aliphatic heterocycles. The number of thioether (sulfide) groups is 1. The molecule has 1 fully saturated rings. The first-order chi connectivity index (χ1) is 12.7. The molecule has 0 aliphatic carbocycles. The van der Waals surface area contributed by atoms with Crippen LogP contribution in [-0.2, 0) is 11.2 Å². The van der Waals surface area contributed by atoms with Crippen LogP contribution in [0.1, 0.15) is 5.56 Å². The summed E-state index contributed by atoms with van der Waals surface area (Å²) in [6.07, 6.45) is 2.34. The number of amidine groups is 1. The molecule has 3 aromatic rings. The van der Waals surface area contributed by atoms with E-state index in [1.807, 2.05) is 60.0 Å². The third-order valence-corrected chi connectivity index (χ3v) is 5.95. The highest BCUT2D eigenvalue weighted by atomic mass is 35.5. The largest absolute Gasteiger partial charge is 0.273 e. The van der Waals surface area contributed by atoms with Gasteiger partial charge in [-0.3, -0.25) is 9.69 Å². The zero-order chi connectivity index (χ0) is 17.9. The van der Waals surface area contributed by atoms with Gasteiger partial charge in [0, 0.05) is 16.6 Å². The van der Waals surface area contributed by atoms with Crippen LogP contribution >= 0.6 is 34.7 Å². The van der Waals surface area contributed by atoms with E-state index < -0.39 is 0 Å². The second kappa shape index (κ2) is 7.61. The third-order valence-electron chi connectivity index (χ3n) is 3.89. The molecule has 4 nitrogen and oxygen atoms in total. The van der Waals surface area contributed by atoms with Crippen LogP contribution in [0.4, 0.5) is 10.8 Å². The van der Waals surface area contributed by atoms with Crippen molar-refractivity contribution in [2.75, 3.05) is 4.90 Å². The van der Waals surface area contributed by atoms with Gasteiger partial charge in [0.25, 0.3) is 0 Å². The van der Waals surface area contributed by atoms with E-state index in [9.17, 15) is 4.79 Å². The van der Waals surface area contributed by atoms with E-state index in [1.165, 1.54) is 23.1 Å². The number of amides is 1. The molecule has 1 amide bonds. The molecule has 4 rings (SSSR count). The van der Waals surface area contributed by atoms with Crippen LogP contribution in [0.15, 0.2) is 71.2 Å². The monoisotopic (exact) mass is 399 g/mol. The maximum atomic E-state index is 13.1. The number of rotatable bonds is 4. The summed E-state index contributed by atoms with van der Waals surface area (Å²) in [7, 11) is 0. The number of para-hydroxylation sites is 1. The van der Waals surface area contributed by atoms with Gasteiger partial charge in [-0.25, -0.2) is 4.98 Å². The fourth-order valence-electron chi connectivity index (χ4n) is 2.68. The van der Waals surface area contributed by atoms with Gasteiger partial charge in [-0.15, -0.1) is 11.3 Å². The minimum atomic E-state index is -0.227. The van der Waals surface area contributed by atoms with Crippen molar-refractivity contribution in [2.45, 2.75) is 11.7 Å². The summed E-state index contributed by atoms with van der Waals surface area (Å²) < 4.78 is 0. The number of thiazole rings is 1. The molecule has 0 spiro atoms. The van der Waals surface area contributed by atoms with Gasteiger partial charge in [0.15, 0.2) is 5.17 Å². The zero-order valence-electron chi connectivity index (χ0n) is 13.6. The van der Waals surface area contributed by atoms with Crippen LogP contribution in [0.5, 0.6) is 0 Å². The molecular weight excluding hydrogens is 386 g/mol. The number of nitrogens with zero attached hydrogens (tertiary/aromatic N) is 3.